The summed E-state index contributed by atoms with van der Waals surface area (Å²) in [4.78, 5) is 1.80. The van der Waals surface area contributed by atoms with Crippen LogP contribution in [0.5, 0.6) is 0 Å². The van der Waals surface area contributed by atoms with Gasteiger partial charge in [0, 0.05) is 0 Å². The third-order valence-electron chi connectivity index (χ3n) is 4.35. The Morgan fingerprint density at radius 2 is 1.90 bits per heavy atom. The second-order valence-corrected chi connectivity index (χ2v) is 7.56. The van der Waals surface area contributed by atoms with E-state index in [1.165, 1.54) is 16.0 Å². The zero-order valence-electron chi connectivity index (χ0n) is 12.2. The summed E-state index contributed by atoms with van der Waals surface area (Å²) in [6.07, 6.45) is 3.20. The third-order valence-corrected chi connectivity index (χ3v) is 5.81. The van der Waals surface area contributed by atoms with Gasteiger partial charge in [0.1, 0.15) is 13.1 Å². The maximum atomic E-state index is 12.3. The number of rotatable bonds is 5. The molecule has 6 heteroatoms. The molecule has 1 aliphatic heterocycles. The first kappa shape index (κ1) is 15.0. The Bertz CT molecular complexity index is 595. The van der Waals surface area contributed by atoms with Crippen molar-refractivity contribution < 1.29 is 18.1 Å². The van der Waals surface area contributed by atoms with Crippen LogP contribution in [0, 0.1) is 0 Å². The fourth-order valence-electron chi connectivity index (χ4n) is 3.07. The molecule has 5 nitrogen and oxygen atoms in total. The lowest BCUT2D eigenvalue weighted by atomic mass is 10.1. The molecule has 116 valence electrons. The highest BCUT2D eigenvalue weighted by molar-refractivity contribution is 7.89. The van der Waals surface area contributed by atoms with Gasteiger partial charge < -0.3 is 9.64 Å². The highest BCUT2D eigenvalue weighted by atomic mass is 32.2. The molecule has 1 aromatic carbocycles. The number of morpholine rings is 1. The van der Waals surface area contributed by atoms with E-state index in [-0.39, 0.29) is 0 Å². The van der Waals surface area contributed by atoms with Gasteiger partial charge in [0.15, 0.2) is 0 Å². The van der Waals surface area contributed by atoms with Gasteiger partial charge in [-0.25, -0.2) is 13.1 Å². The van der Waals surface area contributed by atoms with Crippen molar-refractivity contribution in [2.75, 3.05) is 39.4 Å². The molecule has 0 unspecified atom stereocenters. The number of fused-ring (bicyclic) bond motifs is 1. The zero-order chi connectivity index (χ0) is 14.7. The predicted octanol–water partition coefficient (Wildman–Crippen LogP) is -0.631. The van der Waals surface area contributed by atoms with Crippen molar-refractivity contribution >= 4 is 10.0 Å². The number of benzene rings is 1. The second kappa shape index (κ2) is 6.44. The maximum Gasteiger partial charge on any atom is 0.240 e. The summed E-state index contributed by atoms with van der Waals surface area (Å²) in [7, 11) is -3.38. The molecule has 0 aromatic heterocycles. The lowest BCUT2D eigenvalue weighted by Crippen LogP contribution is -3.14. The van der Waals surface area contributed by atoms with Crippen LogP contribution in [0.25, 0.3) is 0 Å². The van der Waals surface area contributed by atoms with E-state index >= 15 is 0 Å². The minimum Gasteiger partial charge on any atom is -0.370 e. The second-order valence-electron chi connectivity index (χ2n) is 5.79. The first-order valence-electron chi connectivity index (χ1n) is 7.68. The first-order chi connectivity index (χ1) is 10.1. The van der Waals surface area contributed by atoms with Crippen molar-refractivity contribution in [3.8, 4) is 0 Å². The van der Waals surface area contributed by atoms with Gasteiger partial charge in [-0.15, -0.1) is 0 Å². The number of nitrogens with one attached hydrogen (secondary N) is 2. The van der Waals surface area contributed by atoms with Crippen molar-refractivity contribution in [1.29, 1.82) is 0 Å². The summed E-state index contributed by atoms with van der Waals surface area (Å²) in [6.45, 7) is 4.75. The molecule has 0 bridgehead atoms. The van der Waals surface area contributed by atoms with Crippen LogP contribution < -0.4 is 9.62 Å². The maximum absolute atomic E-state index is 12.3. The van der Waals surface area contributed by atoms with E-state index in [4.69, 9.17) is 4.74 Å². The minimum absolute atomic E-state index is 0.403. The van der Waals surface area contributed by atoms with E-state index in [1.54, 1.807) is 6.07 Å². The van der Waals surface area contributed by atoms with Crippen LogP contribution in [0.4, 0.5) is 0 Å². The Labute approximate surface area is 126 Å². The monoisotopic (exact) mass is 311 g/mol. The van der Waals surface area contributed by atoms with Gasteiger partial charge in [0.2, 0.25) is 10.0 Å². The number of aryl methyl sites for hydroxylation is 2. The fourth-order valence-corrected chi connectivity index (χ4v) is 4.15. The molecular weight excluding hydrogens is 288 g/mol. The number of sulfonamides is 1. The van der Waals surface area contributed by atoms with E-state index in [1.807, 2.05) is 12.1 Å². The standard InChI is InChI=1S/C15H22N2O3S/c18-21(19,16-6-7-17-8-10-20-11-9-17)15-5-4-13-2-1-3-14(13)12-15/h4-5,12,16H,1-3,6-11H2/p+1. The Morgan fingerprint density at radius 1 is 1.14 bits per heavy atom. The SMILES string of the molecule is O=S(=O)(NCC[NH+]1CCOCC1)c1ccc2c(c1)CCC2. The summed E-state index contributed by atoms with van der Waals surface area (Å²) < 4.78 is 32.7. The van der Waals surface area contributed by atoms with Crippen molar-refractivity contribution in [1.82, 2.24) is 4.72 Å². The van der Waals surface area contributed by atoms with E-state index in [0.717, 1.165) is 52.1 Å². The molecule has 0 radical (unpaired) electrons. The van der Waals surface area contributed by atoms with Crippen LogP contribution >= 0.6 is 0 Å². The topological polar surface area (TPSA) is 59.8 Å². The highest BCUT2D eigenvalue weighted by Gasteiger charge is 2.19. The first-order valence-corrected chi connectivity index (χ1v) is 9.16. The van der Waals surface area contributed by atoms with Gasteiger partial charge in [-0.1, -0.05) is 6.07 Å². The molecule has 1 aromatic rings. The Hall–Kier alpha value is -0.950. The van der Waals surface area contributed by atoms with Crippen LogP contribution in [-0.4, -0.2) is 47.8 Å². The van der Waals surface area contributed by atoms with Crippen molar-refractivity contribution in [3.05, 3.63) is 29.3 Å². The van der Waals surface area contributed by atoms with Crippen molar-refractivity contribution in [2.45, 2.75) is 24.2 Å². The molecule has 0 spiro atoms. The summed E-state index contributed by atoms with van der Waals surface area (Å²) in [5.41, 5.74) is 2.49. The summed E-state index contributed by atoms with van der Waals surface area (Å²) in [6, 6.07) is 5.53. The third kappa shape index (κ3) is 3.63. The fraction of sp³-hybridized carbons (Fsp3) is 0.600. The number of quaternary nitrogens is 1. The van der Waals surface area contributed by atoms with E-state index in [0.29, 0.717) is 11.4 Å². The molecule has 0 atom stereocenters. The molecular formula is C15H23N2O3S+. The average Bonchev–Trinajstić information content (AvgIpc) is 2.95. The summed E-state index contributed by atoms with van der Waals surface area (Å²) in [5, 5.41) is 0. The van der Waals surface area contributed by atoms with Gasteiger partial charge >= 0.3 is 0 Å². The van der Waals surface area contributed by atoms with Gasteiger partial charge in [-0.2, -0.15) is 0 Å². The van der Waals surface area contributed by atoms with Crippen LogP contribution in [-0.2, 0) is 27.6 Å². The van der Waals surface area contributed by atoms with Gasteiger partial charge in [-0.05, 0) is 42.5 Å². The molecule has 0 saturated carbocycles. The molecule has 1 aliphatic carbocycles. The molecule has 21 heavy (non-hydrogen) atoms. The van der Waals surface area contributed by atoms with Crippen LogP contribution in [0.2, 0.25) is 0 Å². The number of ether oxygens (including phenoxy) is 1. The van der Waals surface area contributed by atoms with Crippen LogP contribution in [0.1, 0.15) is 17.5 Å². The number of hydrogen-bond acceptors (Lipinski definition) is 3. The van der Waals surface area contributed by atoms with Crippen molar-refractivity contribution in [2.24, 2.45) is 0 Å². The van der Waals surface area contributed by atoms with E-state index in [2.05, 4.69) is 4.72 Å². The smallest absolute Gasteiger partial charge is 0.240 e. The summed E-state index contributed by atoms with van der Waals surface area (Å²) >= 11 is 0. The molecule has 2 aliphatic rings. The molecule has 1 fully saturated rings. The highest BCUT2D eigenvalue weighted by Crippen LogP contribution is 2.24. The minimum atomic E-state index is -3.38. The van der Waals surface area contributed by atoms with Crippen LogP contribution in [0.15, 0.2) is 23.1 Å². The molecule has 3 rings (SSSR count). The van der Waals surface area contributed by atoms with Crippen LogP contribution in [0.3, 0.4) is 0 Å². The Balaban J connectivity index is 1.58. The molecule has 1 heterocycles. The Morgan fingerprint density at radius 3 is 2.71 bits per heavy atom. The van der Waals surface area contributed by atoms with Gasteiger partial charge in [-0.3, -0.25) is 0 Å². The molecule has 2 N–H and O–H groups in total. The normalized spacial score (nSPS) is 19.6. The Kier molecular flexibility index (Phi) is 4.59. The van der Waals surface area contributed by atoms with Gasteiger partial charge in [0.25, 0.3) is 0 Å². The average molecular weight is 311 g/mol. The summed E-state index contributed by atoms with van der Waals surface area (Å²) in [5.74, 6) is 0. The lowest BCUT2D eigenvalue weighted by Gasteiger charge is -2.23. The van der Waals surface area contributed by atoms with E-state index < -0.39 is 10.0 Å². The number of hydrogen-bond donors (Lipinski definition) is 2. The lowest BCUT2D eigenvalue weighted by molar-refractivity contribution is -0.906. The van der Waals surface area contributed by atoms with Gasteiger partial charge in [0.05, 0.1) is 31.2 Å². The largest absolute Gasteiger partial charge is 0.370 e. The quantitative estimate of drug-likeness (QED) is 0.761. The molecule has 1 saturated heterocycles. The zero-order valence-corrected chi connectivity index (χ0v) is 13.0. The molecule has 0 amide bonds. The predicted molar refractivity (Wildman–Crippen MR) is 80.0 cm³/mol. The van der Waals surface area contributed by atoms with Crippen molar-refractivity contribution in [3.63, 3.8) is 0 Å². The van der Waals surface area contributed by atoms with E-state index in [9.17, 15) is 8.42 Å².